The number of carbonyl (C=O) groups is 4. The van der Waals surface area contributed by atoms with E-state index in [1.165, 1.54) is 13.8 Å². The normalized spacial score (nSPS) is 9.18. The summed E-state index contributed by atoms with van der Waals surface area (Å²) in [7, 11) is 0. The quantitative estimate of drug-likeness (QED) is 0.642. The van der Waals surface area contributed by atoms with Crippen LogP contribution in [-0.2, 0) is 9.59 Å². The molecule has 0 saturated carbocycles. The summed E-state index contributed by atoms with van der Waals surface area (Å²) >= 11 is 0. The van der Waals surface area contributed by atoms with Crippen molar-refractivity contribution in [1.29, 1.82) is 0 Å². The van der Waals surface area contributed by atoms with Gasteiger partial charge in [-0.2, -0.15) is 0 Å². The molecular formula is C18H16O4. The third-order valence-corrected chi connectivity index (χ3v) is 2.71. The molecule has 0 heterocycles. The Labute approximate surface area is 128 Å². The van der Waals surface area contributed by atoms with E-state index < -0.39 is 23.1 Å². The molecule has 0 saturated heterocycles. The van der Waals surface area contributed by atoms with Gasteiger partial charge in [0.1, 0.15) is 0 Å². The number of rotatable bonds is 4. The molecule has 0 aliphatic heterocycles. The van der Waals surface area contributed by atoms with Crippen molar-refractivity contribution in [3.05, 3.63) is 71.8 Å². The van der Waals surface area contributed by atoms with Crippen LogP contribution in [0.3, 0.4) is 0 Å². The molecule has 0 amide bonds. The molecule has 0 radical (unpaired) electrons. The fourth-order valence-electron chi connectivity index (χ4n) is 1.59. The summed E-state index contributed by atoms with van der Waals surface area (Å²) in [5, 5.41) is 0. The van der Waals surface area contributed by atoms with Crippen LogP contribution in [0.15, 0.2) is 60.7 Å². The molecule has 2 rings (SSSR count). The van der Waals surface area contributed by atoms with Crippen LogP contribution in [0.4, 0.5) is 0 Å². The zero-order chi connectivity index (χ0) is 16.5. The molecule has 4 nitrogen and oxygen atoms in total. The topological polar surface area (TPSA) is 68.3 Å². The number of hydrogen-bond donors (Lipinski definition) is 0. The Morgan fingerprint density at radius 2 is 0.818 bits per heavy atom. The predicted molar refractivity (Wildman–Crippen MR) is 82.9 cm³/mol. The van der Waals surface area contributed by atoms with E-state index in [1.54, 1.807) is 60.7 Å². The Kier molecular flexibility index (Phi) is 6.57. The van der Waals surface area contributed by atoms with Crippen LogP contribution in [0, 0.1) is 0 Å². The summed E-state index contributed by atoms with van der Waals surface area (Å²) in [4.78, 5) is 43.2. The minimum absolute atomic E-state index is 0.420. The van der Waals surface area contributed by atoms with Crippen molar-refractivity contribution in [3.63, 3.8) is 0 Å². The molecule has 112 valence electrons. The number of Topliss-reactive ketones (excluding diaryl/α,β-unsaturated/α-hetero) is 4. The van der Waals surface area contributed by atoms with E-state index in [2.05, 4.69) is 0 Å². The van der Waals surface area contributed by atoms with E-state index in [4.69, 9.17) is 0 Å². The van der Waals surface area contributed by atoms with Gasteiger partial charge in [-0.3, -0.25) is 19.2 Å². The first-order valence-electron chi connectivity index (χ1n) is 6.64. The smallest absolute Gasteiger partial charge is 0.228 e. The zero-order valence-electron chi connectivity index (χ0n) is 12.4. The van der Waals surface area contributed by atoms with E-state index in [1.807, 2.05) is 0 Å². The molecule has 0 N–H and O–H groups in total. The van der Waals surface area contributed by atoms with Crippen molar-refractivity contribution in [2.24, 2.45) is 0 Å². The highest BCUT2D eigenvalue weighted by Gasteiger charge is 2.09. The van der Waals surface area contributed by atoms with Crippen LogP contribution in [0.5, 0.6) is 0 Å². The summed E-state index contributed by atoms with van der Waals surface area (Å²) in [6.07, 6.45) is 0. The Bertz CT molecular complexity index is 611. The number of benzene rings is 2. The molecule has 0 atom stereocenters. The SMILES string of the molecule is CC(=O)C(=O)c1ccccc1.CC(=O)C(=O)c1ccccc1. The van der Waals surface area contributed by atoms with Gasteiger partial charge in [-0.05, 0) is 0 Å². The fraction of sp³-hybridized carbons (Fsp3) is 0.111. The first-order chi connectivity index (χ1) is 10.4. The maximum absolute atomic E-state index is 11.0. The van der Waals surface area contributed by atoms with Gasteiger partial charge in [0, 0.05) is 25.0 Å². The van der Waals surface area contributed by atoms with E-state index >= 15 is 0 Å². The Hall–Kier alpha value is -2.88. The monoisotopic (exact) mass is 296 g/mol. The molecule has 0 unspecified atom stereocenters. The lowest BCUT2D eigenvalue weighted by Gasteiger charge is -1.93. The first kappa shape index (κ1) is 17.2. The number of carbonyl (C=O) groups excluding carboxylic acids is 4. The van der Waals surface area contributed by atoms with Crippen molar-refractivity contribution in [2.75, 3.05) is 0 Å². The van der Waals surface area contributed by atoms with Gasteiger partial charge >= 0.3 is 0 Å². The van der Waals surface area contributed by atoms with Crippen LogP contribution < -0.4 is 0 Å². The zero-order valence-corrected chi connectivity index (χ0v) is 12.4. The largest absolute Gasteiger partial charge is 0.291 e. The molecule has 0 fully saturated rings. The minimum atomic E-state index is -0.425. The average molecular weight is 296 g/mol. The molecule has 22 heavy (non-hydrogen) atoms. The molecule has 0 aliphatic carbocycles. The van der Waals surface area contributed by atoms with E-state index in [9.17, 15) is 19.2 Å². The molecule has 0 aliphatic rings. The second-order valence-electron chi connectivity index (χ2n) is 4.50. The Morgan fingerprint density at radius 3 is 1.05 bits per heavy atom. The van der Waals surface area contributed by atoms with Gasteiger partial charge in [0.25, 0.3) is 0 Å². The van der Waals surface area contributed by atoms with E-state index in [-0.39, 0.29) is 0 Å². The van der Waals surface area contributed by atoms with Crippen LogP contribution >= 0.6 is 0 Å². The molecule has 0 bridgehead atoms. The molecule has 2 aromatic rings. The highest BCUT2D eigenvalue weighted by molar-refractivity contribution is 6.43. The van der Waals surface area contributed by atoms with Crippen molar-refractivity contribution >= 4 is 23.1 Å². The van der Waals surface area contributed by atoms with Crippen molar-refractivity contribution in [1.82, 2.24) is 0 Å². The summed E-state index contributed by atoms with van der Waals surface area (Å²) in [5.41, 5.74) is 0.917. The Balaban J connectivity index is 0.000000220. The lowest BCUT2D eigenvalue weighted by Crippen LogP contribution is -2.08. The van der Waals surface area contributed by atoms with Gasteiger partial charge in [-0.15, -0.1) is 0 Å². The molecule has 2 aromatic carbocycles. The van der Waals surface area contributed by atoms with Gasteiger partial charge in [0.2, 0.25) is 11.6 Å². The maximum Gasteiger partial charge on any atom is 0.228 e. The summed E-state index contributed by atoms with van der Waals surface area (Å²) in [6, 6.07) is 17.0. The fourth-order valence-corrected chi connectivity index (χ4v) is 1.59. The third-order valence-electron chi connectivity index (χ3n) is 2.71. The average Bonchev–Trinajstić information content (AvgIpc) is 2.55. The van der Waals surface area contributed by atoms with Crippen LogP contribution in [0.2, 0.25) is 0 Å². The summed E-state index contributed by atoms with van der Waals surface area (Å²) in [6.45, 7) is 2.55. The van der Waals surface area contributed by atoms with E-state index in [0.717, 1.165) is 0 Å². The minimum Gasteiger partial charge on any atom is -0.291 e. The van der Waals surface area contributed by atoms with Gasteiger partial charge < -0.3 is 0 Å². The van der Waals surface area contributed by atoms with Crippen molar-refractivity contribution in [2.45, 2.75) is 13.8 Å². The molecule has 4 heteroatoms. The van der Waals surface area contributed by atoms with Gasteiger partial charge in [-0.25, -0.2) is 0 Å². The van der Waals surface area contributed by atoms with E-state index in [0.29, 0.717) is 11.1 Å². The number of hydrogen-bond acceptors (Lipinski definition) is 4. The standard InChI is InChI=1S/2C9H8O2/c2*1-7(10)9(11)8-5-3-2-4-6-8/h2*2-6H,1H3. The van der Waals surface area contributed by atoms with Gasteiger partial charge in [0.05, 0.1) is 0 Å². The molecule has 0 spiro atoms. The maximum atomic E-state index is 11.0. The molecule has 0 aromatic heterocycles. The Morgan fingerprint density at radius 1 is 0.545 bits per heavy atom. The van der Waals surface area contributed by atoms with Gasteiger partial charge in [-0.1, -0.05) is 60.7 Å². The van der Waals surface area contributed by atoms with Crippen molar-refractivity contribution < 1.29 is 19.2 Å². The van der Waals surface area contributed by atoms with Crippen LogP contribution in [0.1, 0.15) is 34.6 Å². The lowest BCUT2D eigenvalue weighted by molar-refractivity contribution is -0.113. The highest BCUT2D eigenvalue weighted by Crippen LogP contribution is 2.00. The van der Waals surface area contributed by atoms with Crippen LogP contribution in [-0.4, -0.2) is 23.1 Å². The second kappa shape index (κ2) is 8.42. The van der Waals surface area contributed by atoms with Crippen molar-refractivity contribution in [3.8, 4) is 0 Å². The molecular weight excluding hydrogens is 280 g/mol. The summed E-state index contributed by atoms with van der Waals surface area (Å²) < 4.78 is 0. The lowest BCUT2D eigenvalue weighted by atomic mass is 10.1. The first-order valence-corrected chi connectivity index (χ1v) is 6.64. The third kappa shape index (κ3) is 5.25. The van der Waals surface area contributed by atoms with Crippen LogP contribution in [0.25, 0.3) is 0 Å². The highest BCUT2D eigenvalue weighted by atomic mass is 16.2. The van der Waals surface area contributed by atoms with Gasteiger partial charge in [0.15, 0.2) is 11.6 Å². The second-order valence-corrected chi connectivity index (χ2v) is 4.50. The number of ketones is 4. The predicted octanol–water partition coefficient (Wildman–Crippen LogP) is 2.92. The summed E-state index contributed by atoms with van der Waals surface area (Å²) in [5.74, 6) is -1.69.